The van der Waals surface area contributed by atoms with Crippen LogP contribution in [0.1, 0.15) is 34.7 Å². The highest BCUT2D eigenvalue weighted by Crippen LogP contribution is 2.41. The number of aromatic hydroxyl groups is 1. The Morgan fingerprint density at radius 3 is 2.51 bits per heavy atom. The molecule has 1 atom stereocenters. The molecule has 1 N–H and O–H groups in total. The number of fused-ring (bicyclic) bond motifs is 3. The molecule has 174 valence electrons. The summed E-state index contributed by atoms with van der Waals surface area (Å²) in [6.07, 6.45) is 3.29. The van der Waals surface area contributed by atoms with Gasteiger partial charge in [-0.05, 0) is 65.4 Å². The van der Waals surface area contributed by atoms with Gasteiger partial charge in [0, 0.05) is 5.56 Å². The molecular formula is C27H17Cl2FN2O2S. The van der Waals surface area contributed by atoms with Crippen LogP contribution >= 0.6 is 34.5 Å². The number of hydrogen-bond acceptors (Lipinski definition) is 4. The SMILES string of the molecule is O=c1c(=Cc2cc(Cl)c(O)c(Cl)c2)sc2n1C(c1ccc(F)cc1)C1=C(N=2)c2ccccc2CC1. The molecule has 0 fully saturated rings. The van der Waals surface area contributed by atoms with Gasteiger partial charge in [0.05, 0.1) is 26.3 Å². The number of phenols is 1. The lowest BCUT2D eigenvalue weighted by atomic mass is 9.83. The minimum absolute atomic E-state index is 0.104. The molecule has 1 aliphatic heterocycles. The van der Waals surface area contributed by atoms with Crippen LogP contribution in [0.25, 0.3) is 11.8 Å². The van der Waals surface area contributed by atoms with Gasteiger partial charge in [0.15, 0.2) is 10.6 Å². The fourth-order valence-corrected chi connectivity index (χ4v) is 6.29. The summed E-state index contributed by atoms with van der Waals surface area (Å²) in [5, 5.41) is 10.1. The number of allylic oxidation sites excluding steroid dienone is 1. The van der Waals surface area contributed by atoms with Gasteiger partial charge in [-0.2, -0.15) is 0 Å². The molecule has 0 saturated carbocycles. The van der Waals surface area contributed by atoms with Gasteiger partial charge in [-0.15, -0.1) is 0 Å². The number of benzene rings is 3. The Labute approximate surface area is 213 Å². The lowest BCUT2D eigenvalue weighted by molar-refractivity contribution is 0.476. The Bertz CT molecular complexity index is 1700. The van der Waals surface area contributed by atoms with Crippen molar-refractivity contribution in [2.45, 2.75) is 18.9 Å². The lowest BCUT2D eigenvalue weighted by Crippen LogP contribution is -2.38. The summed E-state index contributed by atoms with van der Waals surface area (Å²) < 4.78 is 15.9. The van der Waals surface area contributed by atoms with Crippen molar-refractivity contribution < 1.29 is 9.50 Å². The molecule has 2 aliphatic rings. The predicted octanol–water partition coefficient (Wildman–Crippen LogP) is 5.47. The number of thiazole rings is 1. The number of rotatable bonds is 2. The third-order valence-electron chi connectivity index (χ3n) is 6.40. The van der Waals surface area contributed by atoms with E-state index in [1.807, 2.05) is 12.1 Å². The number of halogens is 3. The van der Waals surface area contributed by atoms with Gasteiger partial charge >= 0.3 is 0 Å². The summed E-state index contributed by atoms with van der Waals surface area (Å²) in [5.41, 5.74) is 5.44. The maximum absolute atomic E-state index is 13.8. The molecule has 0 spiro atoms. The van der Waals surface area contributed by atoms with Crippen LogP contribution in [-0.4, -0.2) is 9.67 Å². The van der Waals surface area contributed by atoms with E-state index in [2.05, 4.69) is 12.1 Å². The average Bonchev–Trinajstić information content (AvgIpc) is 3.16. The first-order valence-electron chi connectivity index (χ1n) is 11.0. The van der Waals surface area contributed by atoms with Crippen molar-refractivity contribution in [1.82, 2.24) is 4.57 Å². The molecule has 1 unspecified atom stereocenters. The molecule has 0 radical (unpaired) electrons. The van der Waals surface area contributed by atoms with Crippen LogP contribution in [0.15, 0.2) is 76.0 Å². The van der Waals surface area contributed by atoms with E-state index in [0.29, 0.717) is 14.9 Å². The maximum Gasteiger partial charge on any atom is 0.271 e. The molecule has 6 rings (SSSR count). The van der Waals surface area contributed by atoms with Crippen LogP contribution in [0.4, 0.5) is 4.39 Å². The second-order valence-electron chi connectivity index (χ2n) is 8.50. The Morgan fingerprint density at radius 2 is 1.77 bits per heavy atom. The highest BCUT2D eigenvalue weighted by atomic mass is 35.5. The van der Waals surface area contributed by atoms with Gasteiger partial charge in [-0.3, -0.25) is 9.36 Å². The van der Waals surface area contributed by atoms with E-state index in [1.54, 1.807) is 34.9 Å². The van der Waals surface area contributed by atoms with Crippen molar-refractivity contribution in [1.29, 1.82) is 0 Å². The Hall–Kier alpha value is -3.19. The fraction of sp³-hybridized carbons (Fsp3) is 0.111. The highest BCUT2D eigenvalue weighted by molar-refractivity contribution is 7.07. The van der Waals surface area contributed by atoms with Crippen molar-refractivity contribution in [3.05, 3.63) is 124 Å². The first kappa shape index (κ1) is 22.3. The molecule has 0 saturated heterocycles. The summed E-state index contributed by atoms with van der Waals surface area (Å²) >= 11 is 13.4. The van der Waals surface area contributed by atoms with Crippen LogP contribution < -0.4 is 14.9 Å². The van der Waals surface area contributed by atoms with Crippen molar-refractivity contribution in [3.8, 4) is 5.75 Å². The molecule has 8 heteroatoms. The van der Waals surface area contributed by atoms with Gasteiger partial charge in [-0.1, -0.05) is 70.9 Å². The normalized spacial score (nSPS) is 17.0. The highest BCUT2D eigenvalue weighted by Gasteiger charge is 2.32. The minimum Gasteiger partial charge on any atom is -0.505 e. The number of hydrogen-bond donors (Lipinski definition) is 1. The second kappa shape index (κ2) is 8.48. The standard InChI is InChI=1S/C27H17Cl2FN2O2S/c28-20-11-14(12-21(29)25(20)33)13-22-26(34)32-24(16-5-8-17(30)9-6-16)19-10-7-15-3-1-2-4-18(15)23(19)31-27(32)35-22/h1-6,8-9,11-13,24,33H,7,10H2. The van der Waals surface area contributed by atoms with Crippen LogP contribution in [0.3, 0.4) is 0 Å². The Kier molecular flexibility index (Phi) is 5.40. The van der Waals surface area contributed by atoms with Gasteiger partial charge in [0.25, 0.3) is 5.56 Å². The van der Waals surface area contributed by atoms with Gasteiger partial charge in [-0.25, -0.2) is 9.38 Å². The zero-order valence-corrected chi connectivity index (χ0v) is 20.5. The monoisotopic (exact) mass is 522 g/mol. The van der Waals surface area contributed by atoms with E-state index in [4.69, 9.17) is 28.2 Å². The summed E-state index contributed by atoms with van der Waals surface area (Å²) in [6, 6.07) is 17.2. The predicted molar refractivity (Wildman–Crippen MR) is 137 cm³/mol. The lowest BCUT2D eigenvalue weighted by Gasteiger charge is -2.30. The molecule has 1 aromatic heterocycles. The van der Waals surface area contributed by atoms with Gasteiger partial charge in [0.2, 0.25) is 0 Å². The Morgan fingerprint density at radius 1 is 1.06 bits per heavy atom. The van der Waals surface area contributed by atoms with Gasteiger partial charge in [0.1, 0.15) is 5.82 Å². The van der Waals surface area contributed by atoms with E-state index in [0.717, 1.165) is 35.2 Å². The summed E-state index contributed by atoms with van der Waals surface area (Å²) in [7, 11) is 0. The second-order valence-corrected chi connectivity index (χ2v) is 10.3. The molecule has 4 nitrogen and oxygen atoms in total. The molecular weight excluding hydrogens is 506 g/mol. The van der Waals surface area contributed by atoms with Crippen LogP contribution in [0.2, 0.25) is 10.0 Å². The maximum atomic E-state index is 13.8. The number of aryl methyl sites for hydroxylation is 1. The summed E-state index contributed by atoms with van der Waals surface area (Å²) in [6.45, 7) is 0. The van der Waals surface area contributed by atoms with E-state index in [-0.39, 0.29) is 33.2 Å². The van der Waals surface area contributed by atoms with Crippen LogP contribution in [-0.2, 0) is 6.42 Å². The van der Waals surface area contributed by atoms with Crippen LogP contribution in [0, 0.1) is 5.82 Å². The molecule has 2 heterocycles. The third kappa shape index (κ3) is 3.73. The van der Waals surface area contributed by atoms with Crippen molar-refractivity contribution in [2.24, 2.45) is 4.99 Å². The first-order valence-corrected chi connectivity index (χ1v) is 12.5. The largest absolute Gasteiger partial charge is 0.505 e. The number of aromatic nitrogens is 1. The summed E-state index contributed by atoms with van der Waals surface area (Å²) in [4.78, 5) is 19.2. The smallest absolute Gasteiger partial charge is 0.271 e. The number of phenolic OH excluding ortho intramolecular Hbond substituents is 1. The van der Waals surface area contributed by atoms with Gasteiger partial charge < -0.3 is 5.11 Å². The quantitative estimate of drug-likeness (QED) is 0.379. The van der Waals surface area contributed by atoms with Crippen LogP contribution in [0.5, 0.6) is 5.75 Å². The zero-order valence-electron chi connectivity index (χ0n) is 18.1. The minimum atomic E-state index is -0.385. The van der Waals surface area contributed by atoms with E-state index < -0.39 is 0 Å². The van der Waals surface area contributed by atoms with E-state index >= 15 is 0 Å². The molecule has 4 aromatic rings. The first-order chi connectivity index (χ1) is 16.9. The third-order valence-corrected chi connectivity index (χ3v) is 7.95. The molecule has 0 amide bonds. The zero-order chi connectivity index (χ0) is 24.3. The average molecular weight is 523 g/mol. The van der Waals surface area contributed by atoms with Crippen molar-refractivity contribution in [2.75, 3.05) is 0 Å². The molecule has 0 bridgehead atoms. The molecule has 1 aliphatic carbocycles. The molecule has 35 heavy (non-hydrogen) atoms. The van der Waals surface area contributed by atoms with E-state index in [9.17, 15) is 14.3 Å². The van der Waals surface area contributed by atoms with Crippen molar-refractivity contribution >= 4 is 46.3 Å². The number of nitrogens with zero attached hydrogens (tertiary/aromatic N) is 2. The van der Waals surface area contributed by atoms with E-state index in [1.165, 1.54) is 29.0 Å². The molecule has 3 aromatic carbocycles. The van der Waals surface area contributed by atoms with Crippen molar-refractivity contribution in [3.63, 3.8) is 0 Å². The fourth-order valence-electron chi connectivity index (χ4n) is 4.79. The summed E-state index contributed by atoms with van der Waals surface area (Å²) in [5.74, 6) is -0.528. The topological polar surface area (TPSA) is 54.6 Å². The Balaban J connectivity index is 1.62.